The molecule has 140 valence electrons. The van der Waals surface area contributed by atoms with E-state index >= 15 is 0 Å². The number of aliphatic carboxylic acids is 1. The monoisotopic (exact) mass is 392 g/mol. The van der Waals surface area contributed by atoms with E-state index in [1.165, 1.54) is 0 Å². The molecule has 3 heterocycles. The van der Waals surface area contributed by atoms with Crippen molar-refractivity contribution in [2.45, 2.75) is 18.5 Å². The molecule has 0 bridgehead atoms. The summed E-state index contributed by atoms with van der Waals surface area (Å²) >= 11 is 6.09. The van der Waals surface area contributed by atoms with Crippen LogP contribution in [0.2, 0.25) is 5.02 Å². The zero-order chi connectivity index (χ0) is 19.3. The number of aromatic amines is 1. The summed E-state index contributed by atoms with van der Waals surface area (Å²) in [7, 11) is 0. The van der Waals surface area contributed by atoms with Crippen molar-refractivity contribution in [1.29, 1.82) is 0 Å². The molecular formula is C22H17ClN2O3. The lowest BCUT2D eigenvalue weighted by atomic mass is 9.93. The van der Waals surface area contributed by atoms with Gasteiger partial charge in [0.05, 0.1) is 0 Å². The van der Waals surface area contributed by atoms with Crippen LogP contribution < -0.4 is 5.32 Å². The number of para-hydroxylation sites is 1. The number of hydrogen-bond acceptors (Lipinski definition) is 3. The van der Waals surface area contributed by atoms with Gasteiger partial charge in [-0.1, -0.05) is 41.9 Å². The molecule has 6 heteroatoms. The van der Waals surface area contributed by atoms with Gasteiger partial charge in [0.1, 0.15) is 23.6 Å². The van der Waals surface area contributed by atoms with Crippen LogP contribution in [0, 0.1) is 0 Å². The summed E-state index contributed by atoms with van der Waals surface area (Å²) in [6.07, 6.45) is 0.424. The van der Waals surface area contributed by atoms with Gasteiger partial charge >= 0.3 is 5.97 Å². The zero-order valence-corrected chi connectivity index (χ0v) is 15.5. The summed E-state index contributed by atoms with van der Waals surface area (Å²) in [5, 5.41) is 14.5. The molecule has 2 aromatic heterocycles. The van der Waals surface area contributed by atoms with Gasteiger partial charge in [0.15, 0.2) is 0 Å². The predicted octanol–water partition coefficient (Wildman–Crippen LogP) is 4.77. The highest BCUT2D eigenvalue weighted by Crippen LogP contribution is 2.37. The number of rotatable bonds is 3. The Balaban J connectivity index is 1.61. The van der Waals surface area contributed by atoms with Crippen LogP contribution in [-0.4, -0.2) is 22.1 Å². The fourth-order valence-corrected chi connectivity index (χ4v) is 4.11. The number of fused-ring (bicyclic) bond motifs is 3. The van der Waals surface area contributed by atoms with Gasteiger partial charge in [-0.15, -0.1) is 0 Å². The first-order valence-corrected chi connectivity index (χ1v) is 9.42. The molecule has 0 amide bonds. The van der Waals surface area contributed by atoms with Gasteiger partial charge in [0, 0.05) is 33.6 Å². The van der Waals surface area contributed by atoms with Crippen LogP contribution in [-0.2, 0) is 11.2 Å². The van der Waals surface area contributed by atoms with Gasteiger partial charge in [0.25, 0.3) is 0 Å². The highest BCUT2D eigenvalue weighted by molar-refractivity contribution is 6.30. The molecule has 4 aromatic rings. The third kappa shape index (κ3) is 2.80. The van der Waals surface area contributed by atoms with E-state index in [0.29, 0.717) is 23.0 Å². The largest absolute Gasteiger partial charge is 0.480 e. The van der Waals surface area contributed by atoms with E-state index in [1.54, 1.807) is 0 Å². The smallest absolute Gasteiger partial charge is 0.321 e. The molecule has 0 saturated carbocycles. The van der Waals surface area contributed by atoms with Crippen LogP contribution in [0.25, 0.3) is 22.2 Å². The Kier molecular flexibility index (Phi) is 4.00. The molecule has 2 unspecified atom stereocenters. The molecule has 0 fully saturated rings. The van der Waals surface area contributed by atoms with Gasteiger partial charge in [0.2, 0.25) is 0 Å². The van der Waals surface area contributed by atoms with Gasteiger partial charge in [-0.25, -0.2) is 0 Å². The molecule has 5 nitrogen and oxygen atoms in total. The normalized spacial score (nSPS) is 18.9. The SMILES string of the molecule is O=C(O)C1Cc2c([nH]c3ccccc23)C(c2ccc(-c3cccc(Cl)c3)o2)N1. The molecule has 2 atom stereocenters. The minimum atomic E-state index is -0.873. The fraction of sp³-hybridized carbons (Fsp3) is 0.136. The molecule has 0 radical (unpaired) electrons. The molecule has 1 aliphatic rings. The van der Waals surface area contributed by atoms with E-state index < -0.39 is 12.0 Å². The van der Waals surface area contributed by atoms with Crippen LogP contribution in [0.1, 0.15) is 23.1 Å². The number of nitrogens with one attached hydrogen (secondary N) is 2. The topological polar surface area (TPSA) is 78.3 Å². The highest BCUT2D eigenvalue weighted by Gasteiger charge is 2.35. The van der Waals surface area contributed by atoms with Crippen LogP contribution in [0.15, 0.2) is 65.1 Å². The highest BCUT2D eigenvalue weighted by atomic mass is 35.5. The van der Waals surface area contributed by atoms with Crippen molar-refractivity contribution in [3.8, 4) is 11.3 Å². The molecule has 28 heavy (non-hydrogen) atoms. The first-order valence-electron chi connectivity index (χ1n) is 9.04. The van der Waals surface area contributed by atoms with Gasteiger partial charge in [-0.3, -0.25) is 10.1 Å². The van der Waals surface area contributed by atoms with Crippen LogP contribution >= 0.6 is 11.6 Å². The minimum absolute atomic E-state index is 0.370. The van der Waals surface area contributed by atoms with Crippen molar-refractivity contribution in [2.24, 2.45) is 0 Å². The van der Waals surface area contributed by atoms with Crippen molar-refractivity contribution in [2.75, 3.05) is 0 Å². The molecule has 0 saturated heterocycles. The lowest BCUT2D eigenvalue weighted by Gasteiger charge is -2.27. The van der Waals surface area contributed by atoms with E-state index in [0.717, 1.165) is 27.7 Å². The third-order valence-corrected chi connectivity index (χ3v) is 5.47. The van der Waals surface area contributed by atoms with Crippen LogP contribution in [0.4, 0.5) is 0 Å². The quantitative estimate of drug-likeness (QED) is 0.469. The van der Waals surface area contributed by atoms with Gasteiger partial charge in [-0.05, 0) is 35.9 Å². The number of carbonyl (C=O) groups is 1. The molecule has 0 spiro atoms. The molecule has 1 aliphatic heterocycles. The molecule has 3 N–H and O–H groups in total. The molecule has 5 rings (SSSR count). The maximum absolute atomic E-state index is 11.7. The summed E-state index contributed by atoms with van der Waals surface area (Å²) in [6.45, 7) is 0. The number of benzene rings is 2. The van der Waals surface area contributed by atoms with Crippen molar-refractivity contribution in [3.05, 3.63) is 82.7 Å². The van der Waals surface area contributed by atoms with Gasteiger partial charge < -0.3 is 14.5 Å². The Morgan fingerprint density at radius 3 is 2.79 bits per heavy atom. The van der Waals surface area contributed by atoms with Crippen LogP contribution in [0.3, 0.4) is 0 Å². The van der Waals surface area contributed by atoms with E-state index in [1.807, 2.05) is 60.7 Å². The number of aromatic nitrogens is 1. The molecule has 2 aromatic carbocycles. The number of halogens is 1. The second-order valence-corrected chi connectivity index (χ2v) is 7.41. The van der Waals surface area contributed by atoms with E-state index in [4.69, 9.17) is 16.0 Å². The lowest BCUT2D eigenvalue weighted by molar-refractivity contribution is -0.139. The number of furan rings is 1. The maximum Gasteiger partial charge on any atom is 0.321 e. The van der Waals surface area contributed by atoms with Crippen molar-refractivity contribution in [3.63, 3.8) is 0 Å². The second-order valence-electron chi connectivity index (χ2n) is 6.97. The Hall–Kier alpha value is -3.02. The summed E-state index contributed by atoms with van der Waals surface area (Å²) in [5.41, 5.74) is 3.84. The van der Waals surface area contributed by atoms with E-state index in [-0.39, 0.29) is 6.04 Å². The number of hydrogen-bond donors (Lipinski definition) is 3. The average molecular weight is 393 g/mol. The Morgan fingerprint density at radius 1 is 1.11 bits per heavy atom. The average Bonchev–Trinajstić information content (AvgIpc) is 3.32. The number of carboxylic acid groups (broad SMARTS) is 1. The van der Waals surface area contributed by atoms with Crippen molar-refractivity contribution >= 4 is 28.5 Å². The number of H-pyrrole nitrogens is 1. The maximum atomic E-state index is 11.7. The van der Waals surface area contributed by atoms with Gasteiger partial charge in [-0.2, -0.15) is 0 Å². The second kappa shape index (κ2) is 6.55. The first-order chi connectivity index (χ1) is 13.6. The lowest BCUT2D eigenvalue weighted by Crippen LogP contribution is -2.44. The molecule has 0 aliphatic carbocycles. The van der Waals surface area contributed by atoms with E-state index in [2.05, 4.69) is 10.3 Å². The van der Waals surface area contributed by atoms with E-state index in [9.17, 15) is 9.90 Å². The summed E-state index contributed by atoms with van der Waals surface area (Å²) in [6, 6.07) is 18.1. The van der Waals surface area contributed by atoms with Crippen molar-refractivity contribution < 1.29 is 14.3 Å². The fourth-order valence-electron chi connectivity index (χ4n) is 3.92. The van der Waals surface area contributed by atoms with Crippen LogP contribution in [0.5, 0.6) is 0 Å². The Bertz CT molecular complexity index is 1190. The van der Waals surface area contributed by atoms with Crippen molar-refractivity contribution in [1.82, 2.24) is 10.3 Å². The summed E-state index contributed by atoms with van der Waals surface area (Å²) < 4.78 is 6.11. The summed E-state index contributed by atoms with van der Waals surface area (Å²) in [4.78, 5) is 15.2. The summed E-state index contributed by atoms with van der Waals surface area (Å²) in [5.74, 6) is 0.477. The number of carboxylic acids is 1. The third-order valence-electron chi connectivity index (χ3n) is 5.23. The Morgan fingerprint density at radius 2 is 1.96 bits per heavy atom. The molecular weight excluding hydrogens is 376 g/mol. The zero-order valence-electron chi connectivity index (χ0n) is 14.8. The Labute approximate surface area is 165 Å². The first kappa shape index (κ1) is 17.1. The standard InChI is InChI=1S/C22H17ClN2O3/c23-13-5-3-4-12(10-13)18-8-9-19(28-18)21-20-15(11-17(25-21)22(26)27)14-6-1-2-7-16(14)24-20/h1-10,17,21,24-25H,11H2,(H,26,27). The predicted molar refractivity (Wildman–Crippen MR) is 108 cm³/mol. The minimum Gasteiger partial charge on any atom is -0.480 e.